The number of imide groups is 1. The summed E-state index contributed by atoms with van der Waals surface area (Å²) in [6, 6.07) is 6.82. The Hall–Kier alpha value is -2.41. The molecule has 2 aromatic rings. The van der Waals surface area contributed by atoms with Crippen LogP contribution in [0.2, 0.25) is 0 Å². The third-order valence-electron chi connectivity index (χ3n) is 8.50. The van der Waals surface area contributed by atoms with Crippen molar-refractivity contribution in [2.75, 3.05) is 31.6 Å². The molecule has 1 aromatic carbocycles. The Labute approximate surface area is 202 Å². The highest BCUT2D eigenvalue weighted by atomic mass is 16.2. The van der Waals surface area contributed by atoms with Crippen LogP contribution in [0.4, 0.5) is 5.69 Å². The summed E-state index contributed by atoms with van der Waals surface area (Å²) in [6.07, 6.45) is 11.8. The quantitative estimate of drug-likeness (QED) is 0.654. The summed E-state index contributed by atoms with van der Waals surface area (Å²) in [7, 11) is 4.17. The van der Waals surface area contributed by atoms with E-state index in [1.54, 1.807) is 0 Å². The zero-order valence-electron chi connectivity index (χ0n) is 20.8. The van der Waals surface area contributed by atoms with E-state index in [9.17, 15) is 9.59 Å². The highest BCUT2D eigenvalue weighted by molar-refractivity contribution is 6.03. The number of aryl methyl sites for hydroxylation is 1. The molecule has 3 heterocycles. The van der Waals surface area contributed by atoms with Crippen molar-refractivity contribution < 1.29 is 9.59 Å². The number of para-hydroxylation sites is 1. The SMILES string of the molecule is CN(c1cccc2c(C3CCC(=O)NC3=O)nn(C)c12)C1CCN(CCC2CCCCC2)CC1. The fourth-order valence-electron chi connectivity index (χ4n) is 6.41. The molecule has 3 aliphatic rings. The molecule has 1 atom stereocenters. The molecule has 34 heavy (non-hydrogen) atoms. The third-order valence-corrected chi connectivity index (χ3v) is 8.50. The summed E-state index contributed by atoms with van der Waals surface area (Å²) < 4.78 is 1.92. The zero-order valence-corrected chi connectivity index (χ0v) is 20.8. The molecule has 3 fully saturated rings. The molecule has 1 unspecified atom stereocenters. The lowest BCUT2D eigenvalue weighted by atomic mass is 9.87. The van der Waals surface area contributed by atoms with Crippen LogP contribution in [-0.4, -0.2) is 59.2 Å². The van der Waals surface area contributed by atoms with Gasteiger partial charge in [-0.15, -0.1) is 0 Å². The van der Waals surface area contributed by atoms with Crippen LogP contribution in [0, 0.1) is 5.92 Å². The number of piperidine rings is 2. The molecular formula is C27H39N5O2. The van der Waals surface area contributed by atoms with Gasteiger partial charge in [0.1, 0.15) is 0 Å². The van der Waals surface area contributed by atoms with Crippen LogP contribution in [0.25, 0.3) is 10.9 Å². The van der Waals surface area contributed by atoms with Gasteiger partial charge in [-0.2, -0.15) is 5.10 Å². The standard InChI is InChI=1S/C27H39N5O2/c1-30(20-14-17-32(18-15-20)16-13-19-7-4-3-5-8-19)23-10-6-9-21-25(29-31(2)26(21)23)22-11-12-24(33)28-27(22)34/h6,9-10,19-20,22H,3-5,7-8,11-18H2,1-2H3,(H,28,33,34). The average molecular weight is 466 g/mol. The van der Waals surface area contributed by atoms with E-state index in [-0.39, 0.29) is 17.7 Å². The first kappa shape index (κ1) is 23.3. The van der Waals surface area contributed by atoms with E-state index in [2.05, 4.69) is 40.4 Å². The molecule has 1 N–H and O–H groups in total. The minimum Gasteiger partial charge on any atom is -0.370 e. The van der Waals surface area contributed by atoms with Crippen molar-refractivity contribution in [1.82, 2.24) is 20.0 Å². The summed E-state index contributed by atoms with van der Waals surface area (Å²) in [5, 5.41) is 8.27. The fraction of sp³-hybridized carbons (Fsp3) is 0.667. The predicted molar refractivity (Wildman–Crippen MR) is 135 cm³/mol. The maximum absolute atomic E-state index is 12.5. The van der Waals surface area contributed by atoms with Gasteiger partial charge in [-0.25, -0.2) is 0 Å². The van der Waals surface area contributed by atoms with Gasteiger partial charge in [0.05, 0.1) is 22.8 Å². The molecule has 7 heteroatoms. The second-order valence-electron chi connectivity index (χ2n) is 10.7. The van der Waals surface area contributed by atoms with Gasteiger partial charge in [-0.05, 0) is 44.2 Å². The summed E-state index contributed by atoms with van der Waals surface area (Å²) in [6.45, 7) is 3.60. The fourth-order valence-corrected chi connectivity index (χ4v) is 6.41. The van der Waals surface area contributed by atoms with Crippen molar-refractivity contribution >= 4 is 28.4 Å². The molecule has 0 bridgehead atoms. The van der Waals surface area contributed by atoms with E-state index in [0.29, 0.717) is 18.9 Å². The van der Waals surface area contributed by atoms with Crippen molar-refractivity contribution in [2.24, 2.45) is 13.0 Å². The van der Waals surface area contributed by atoms with Gasteiger partial charge >= 0.3 is 0 Å². The normalized spacial score (nSPS) is 23.4. The number of benzene rings is 1. The minimum absolute atomic E-state index is 0.188. The maximum atomic E-state index is 12.5. The van der Waals surface area contributed by atoms with Gasteiger partial charge < -0.3 is 9.80 Å². The summed E-state index contributed by atoms with van der Waals surface area (Å²) in [5.41, 5.74) is 3.03. The molecule has 2 amide bonds. The van der Waals surface area contributed by atoms with Gasteiger partial charge in [0.15, 0.2) is 0 Å². The van der Waals surface area contributed by atoms with E-state index in [1.807, 2.05) is 11.7 Å². The van der Waals surface area contributed by atoms with E-state index < -0.39 is 0 Å². The molecular weight excluding hydrogens is 426 g/mol. The summed E-state index contributed by atoms with van der Waals surface area (Å²) in [4.78, 5) is 29.2. The number of hydrogen-bond donors (Lipinski definition) is 1. The first-order valence-corrected chi connectivity index (χ1v) is 13.3. The van der Waals surface area contributed by atoms with Gasteiger partial charge in [-0.1, -0.05) is 44.2 Å². The molecule has 5 rings (SSSR count). The number of carbonyl (C=O) groups is 2. The number of rotatable bonds is 6. The highest BCUT2D eigenvalue weighted by Gasteiger charge is 2.33. The first-order chi connectivity index (χ1) is 16.5. The van der Waals surface area contributed by atoms with Gasteiger partial charge in [0, 0.05) is 45.0 Å². The summed E-state index contributed by atoms with van der Waals surface area (Å²) >= 11 is 0. The van der Waals surface area contributed by atoms with Crippen LogP contribution in [0.3, 0.4) is 0 Å². The molecule has 1 aliphatic carbocycles. The molecule has 0 spiro atoms. The second-order valence-corrected chi connectivity index (χ2v) is 10.7. The van der Waals surface area contributed by atoms with Gasteiger partial charge in [-0.3, -0.25) is 19.6 Å². The molecule has 7 nitrogen and oxygen atoms in total. The van der Waals surface area contributed by atoms with Crippen LogP contribution in [0.5, 0.6) is 0 Å². The Balaban J connectivity index is 1.27. The lowest BCUT2D eigenvalue weighted by Crippen LogP contribution is -2.44. The lowest BCUT2D eigenvalue weighted by Gasteiger charge is -2.38. The number of carbonyl (C=O) groups excluding carboxylic acids is 2. The number of amides is 2. The lowest BCUT2D eigenvalue weighted by molar-refractivity contribution is -0.134. The molecule has 2 saturated heterocycles. The molecule has 2 aliphatic heterocycles. The van der Waals surface area contributed by atoms with Crippen LogP contribution < -0.4 is 10.2 Å². The minimum atomic E-state index is -0.366. The number of aromatic nitrogens is 2. The smallest absolute Gasteiger partial charge is 0.235 e. The van der Waals surface area contributed by atoms with E-state index >= 15 is 0 Å². The Morgan fingerprint density at radius 2 is 1.82 bits per heavy atom. The zero-order chi connectivity index (χ0) is 23.7. The second kappa shape index (κ2) is 10.1. The number of likely N-dealkylation sites (tertiary alicyclic amines) is 1. The topological polar surface area (TPSA) is 70.5 Å². The average Bonchev–Trinajstić information content (AvgIpc) is 3.19. The number of nitrogens with one attached hydrogen (secondary N) is 1. The Morgan fingerprint density at radius 1 is 1.06 bits per heavy atom. The molecule has 1 aromatic heterocycles. The van der Waals surface area contributed by atoms with Crippen molar-refractivity contribution in [2.45, 2.75) is 76.2 Å². The Morgan fingerprint density at radius 3 is 2.56 bits per heavy atom. The van der Waals surface area contributed by atoms with Crippen LogP contribution in [0.1, 0.15) is 75.8 Å². The third kappa shape index (κ3) is 4.72. The van der Waals surface area contributed by atoms with Gasteiger partial charge in [0.25, 0.3) is 0 Å². The van der Waals surface area contributed by atoms with E-state index in [1.165, 1.54) is 76.7 Å². The van der Waals surface area contributed by atoms with Crippen molar-refractivity contribution in [3.05, 3.63) is 23.9 Å². The number of nitrogens with zero attached hydrogens (tertiary/aromatic N) is 4. The number of anilines is 1. The maximum Gasteiger partial charge on any atom is 0.235 e. The highest BCUT2D eigenvalue weighted by Crippen LogP contribution is 2.36. The van der Waals surface area contributed by atoms with E-state index in [0.717, 1.165) is 22.5 Å². The first-order valence-electron chi connectivity index (χ1n) is 13.3. The molecule has 0 radical (unpaired) electrons. The monoisotopic (exact) mass is 465 g/mol. The van der Waals surface area contributed by atoms with Gasteiger partial charge in [0.2, 0.25) is 11.8 Å². The van der Waals surface area contributed by atoms with Crippen LogP contribution in [0.15, 0.2) is 18.2 Å². The Kier molecular flexibility index (Phi) is 6.91. The summed E-state index contributed by atoms with van der Waals surface area (Å²) in [5.74, 6) is 0.173. The van der Waals surface area contributed by atoms with Crippen molar-refractivity contribution in [3.63, 3.8) is 0 Å². The molecule has 184 valence electrons. The Bertz CT molecular complexity index is 1030. The number of fused-ring (bicyclic) bond motifs is 1. The van der Waals surface area contributed by atoms with Crippen LogP contribution in [-0.2, 0) is 16.6 Å². The largest absolute Gasteiger partial charge is 0.370 e. The number of hydrogen-bond acceptors (Lipinski definition) is 5. The van der Waals surface area contributed by atoms with Crippen molar-refractivity contribution in [3.8, 4) is 0 Å². The van der Waals surface area contributed by atoms with E-state index in [4.69, 9.17) is 5.10 Å². The molecule has 1 saturated carbocycles. The van der Waals surface area contributed by atoms with Crippen LogP contribution >= 0.6 is 0 Å². The predicted octanol–water partition coefficient (Wildman–Crippen LogP) is 3.96. The van der Waals surface area contributed by atoms with Crippen molar-refractivity contribution in [1.29, 1.82) is 0 Å².